The van der Waals surface area contributed by atoms with Crippen LogP contribution in [0.4, 0.5) is 4.79 Å². The van der Waals surface area contributed by atoms with E-state index < -0.39 is 12.1 Å². The molecule has 1 amide bonds. The molecule has 0 bridgehead atoms. The summed E-state index contributed by atoms with van der Waals surface area (Å²) in [6, 6.07) is 16.4. The third-order valence-corrected chi connectivity index (χ3v) is 3.58. The van der Waals surface area contributed by atoms with E-state index in [9.17, 15) is 9.59 Å². The molecule has 2 aromatic rings. The number of unbranched alkanes of at least 4 members (excludes halogenated alkanes) is 1. The van der Waals surface area contributed by atoms with E-state index in [4.69, 9.17) is 9.84 Å². The Morgan fingerprint density at radius 3 is 2.29 bits per heavy atom. The number of alkyl carbamates (subject to hydrolysis) is 1. The summed E-state index contributed by atoms with van der Waals surface area (Å²) in [4.78, 5) is 22.3. The number of aromatic carboxylic acids is 1. The van der Waals surface area contributed by atoms with Gasteiger partial charge in [0.15, 0.2) is 0 Å². The predicted octanol–water partition coefficient (Wildman–Crippen LogP) is 3.63. The minimum absolute atomic E-state index is 0.266. The molecule has 5 heteroatoms. The van der Waals surface area contributed by atoms with Crippen molar-refractivity contribution in [2.24, 2.45) is 0 Å². The van der Waals surface area contributed by atoms with Gasteiger partial charge in [-0.25, -0.2) is 9.59 Å². The van der Waals surface area contributed by atoms with E-state index in [0.717, 1.165) is 30.4 Å². The predicted molar refractivity (Wildman–Crippen MR) is 91.0 cm³/mol. The fourth-order valence-electron chi connectivity index (χ4n) is 2.23. The number of carbonyl (C=O) groups is 2. The number of nitrogens with one attached hydrogen (secondary N) is 1. The Kier molecular flexibility index (Phi) is 6.83. The molecule has 0 fully saturated rings. The molecule has 0 aromatic heterocycles. The highest BCUT2D eigenvalue weighted by atomic mass is 16.5. The molecule has 0 saturated heterocycles. The SMILES string of the molecule is O=C(NCCCCc1ccc(C(=O)O)cc1)OCc1ccccc1. The van der Waals surface area contributed by atoms with Crippen molar-refractivity contribution in [3.05, 3.63) is 71.3 Å². The number of carboxylic acid groups (broad SMARTS) is 1. The van der Waals surface area contributed by atoms with Gasteiger partial charge in [0.1, 0.15) is 6.61 Å². The van der Waals surface area contributed by atoms with Crippen molar-refractivity contribution in [1.29, 1.82) is 0 Å². The van der Waals surface area contributed by atoms with Gasteiger partial charge in [-0.3, -0.25) is 0 Å². The van der Waals surface area contributed by atoms with Gasteiger partial charge in [-0.15, -0.1) is 0 Å². The van der Waals surface area contributed by atoms with E-state index in [1.807, 2.05) is 42.5 Å². The number of hydrogen-bond donors (Lipinski definition) is 2. The second-order valence-corrected chi connectivity index (χ2v) is 5.45. The van der Waals surface area contributed by atoms with Crippen molar-refractivity contribution >= 4 is 12.1 Å². The Bertz CT molecular complexity index is 653. The maximum absolute atomic E-state index is 11.6. The highest BCUT2D eigenvalue weighted by Gasteiger charge is 2.03. The number of carbonyl (C=O) groups excluding carboxylic acids is 1. The summed E-state index contributed by atoms with van der Waals surface area (Å²) in [7, 11) is 0. The topological polar surface area (TPSA) is 75.6 Å². The molecule has 0 radical (unpaired) electrons. The summed E-state index contributed by atoms with van der Waals surface area (Å²) in [5.41, 5.74) is 2.34. The normalized spacial score (nSPS) is 10.2. The molecule has 2 rings (SSSR count). The van der Waals surface area contributed by atoms with Crippen LogP contribution in [0.1, 0.15) is 34.3 Å². The summed E-state index contributed by atoms with van der Waals surface area (Å²) in [6.45, 7) is 0.823. The van der Waals surface area contributed by atoms with E-state index in [1.165, 1.54) is 0 Å². The van der Waals surface area contributed by atoms with Gasteiger partial charge in [-0.1, -0.05) is 42.5 Å². The van der Waals surface area contributed by atoms with Crippen LogP contribution in [0.25, 0.3) is 0 Å². The van der Waals surface area contributed by atoms with Gasteiger partial charge >= 0.3 is 12.1 Å². The zero-order valence-electron chi connectivity index (χ0n) is 13.4. The maximum Gasteiger partial charge on any atom is 0.407 e. The molecule has 5 nitrogen and oxygen atoms in total. The summed E-state index contributed by atoms with van der Waals surface area (Å²) < 4.78 is 5.12. The van der Waals surface area contributed by atoms with Crippen molar-refractivity contribution in [3.63, 3.8) is 0 Å². The highest BCUT2D eigenvalue weighted by molar-refractivity contribution is 5.87. The number of rotatable bonds is 8. The summed E-state index contributed by atoms with van der Waals surface area (Å²) >= 11 is 0. The fraction of sp³-hybridized carbons (Fsp3) is 0.263. The number of amides is 1. The molecule has 0 spiro atoms. The van der Waals surface area contributed by atoms with Gasteiger partial charge in [0.25, 0.3) is 0 Å². The van der Waals surface area contributed by atoms with Gasteiger partial charge in [-0.2, -0.15) is 0 Å². The summed E-state index contributed by atoms with van der Waals surface area (Å²) in [5, 5.41) is 11.6. The third-order valence-electron chi connectivity index (χ3n) is 3.58. The summed E-state index contributed by atoms with van der Waals surface area (Å²) in [6.07, 6.45) is 2.18. The lowest BCUT2D eigenvalue weighted by atomic mass is 10.1. The monoisotopic (exact) mass is 327 g/mol. The van der Waals surface area contributed by atoms with Crippen LogP contribution >= 0.6 is 0 Å². The first kappa shape index (κ1) is 17.5. The molecule has 0 unspecified atom stereocenters. The lowest BCUT2D eigenvalue weighted by Crippen LogP contribution is -2.25. The van der Waals surface area contributed by atoms with Crippen LogP contribution in [0.3, 0.4) is 0 Å². The maximum atomic E-state index is 11.6. The quantitative estimate of drug-likeness (QED) is 0.726. The van der Waals surface area contributed by atoms with Crippen LogP contribution in [0.15, 0.2) is 54.6 Å². The van der Waals surface area contributed by atoms with Crippen LogP contribution in [0.2, 0.25) is 0 Å². The third kappa shape index (κ3) is 6.12. The Morgan fingerprint density at radius 2 is 1.62 bits per heavy atom. The minimum Gasteiger partial charge on any atom is -0.478 e. The molecular weight excluding hydrogens is 306 g/mol. The van der Waals surface area contributed by atoms with E-state index >= 15 is 0 Å². The number of hydrogen-bond acceptors (Lipinski definition) is 3. The second-order valence-electron chi connectivity index (χ2n) is 5.45. The van der Waals surface area contributed by atoms with E-state index in [1.54, 1.807) is 12.1 Å². The van der Waals surface area contributed by atoms with Crippen molar-refractivity contribution in [2.75, 3.05) is 6.54 Å². The molecule has 126 valence electrons. The second kappa shape index (κ2) is 9.35. The van der Waals surface area contributed by atoms with Crippen LogP contribution < -0.4 is 5.32 Å². The van der Waals surface area contributed by atoms with Gasteiger partial charge in [0.2, 0.25) is 0 Å². The molecule has 0 atom stereocenters. The Labute approximate surface area is 141 Å². The first-order valence-electron chi connectivity index (χ1n) is 7.92. The molecule has 0 aliphatic rings. The molecule has 0 saturated carbocycles. The number of carboxylic acids is 1. The molecular formula is C19H21NO4. The minimum atomic E-state index is -0.917. The lowest BCUT2D eigenvalue weighted by Gasteiger charge is -2.07. The Morgan fingerprint density at radius 1 is 0.917 bits per heavy atom. The van der Waals surface area contributed by atoms with Crippen LogP contribution in [0.5, 0.6) is 0 Å². The van der Waals surface area contributed by atoms with Crippen LogP contribution in [-0.4, -0.2) is 23.7 Å². The molecule has 24 heavy (non-hydrogen) atoms. The standard InChI is InChI=1S/C19H21NO4/c21-18(22)17-11-9-15(10-12-17)6-4-5-13-20-19(23)24-14-16-7-2-1-3-8-16/h1-3,7-12H,4-6,13-14H2,(H,20,23)(H,21,22). The van der Waals surface area contributed by atoms with E-state index in [2.05, 4.69) is 5.32 Å². The Balaban J connectivity index is 1.57. The average molecular weight is 327 g/mol. The van der Waals surface area contributed by atoms with Gasteiger partial charge in [0.05, 0.1) is 5.56 Å². The smallest absolute Gasteiger partial charge is 0.407 e. The van der Waals surface area contributed by atoms with Gasteiger partial charge in [-0.05, 0) is 42.5 Å². The first-order valence-corrected chi connectivity index (χ1v) is 7.92. The lowest BCUT2D eigenvalue weighted by molar-refractivity contribution is 0.0696. The largest absolute Gasteiger partial charge is 0.478 e. The molecule has 2 aromatic carbocycles. The number of ether oxygens (including phenoxy) is 1. The number of benzene rings is 2. The molecule has 0 aliphatic heterocycles. The Hall–Kier alpha value is -2.82. The van der Waals surface area contributed by atoms with Gasteiger partial charge < -0.3 is 15.2 Å². The highest BCUT2D eigenvalue weighted by Crippen LogP contribution is 2.08. The van der Waals surface area contributed by atoms with Crippen molar-refractivity contribution in [2.45, 2.75) is 25.9 Å². The van der Waals surface area contributed by atoms with Crippen LogP contribution in [-0.2, 0) is 17.8 Å². The molecule has 0 heterocycles. The average Bonchev–Trinajstić information content (AvgIpc) is 2.61. The first-order chi connectivity index (χ1) is 11.6. The van der Waals surface area contributed by atoms with Crippen molar-refractivity contribution in [3.8, 4) is 0 Å². The zero-order chi connectivity index (χ0) is 17.2. The van der Waals surface area contributed by atoms with Crippen LogP contribution in [0, 0.1) is 0 Å². The number of aryl methyl sites for hydroxylation is 1. The zero-order valence-corrected chi connectivity index (χ0v) is 13.4. The van der Waals surface area contributed by atoms with Crippen molar-refractivity contribution in [1.82, 2.24) is 5.32 Å². The van der Waals surface area contributed by atoms with Crippen molar-refractivity contribution < 1.29 is 19.4 Å². The fourth-order valence-corrected chi connectivity index (χ4v) is 2.23. The van der Waals surface area contributed by atoms with E-state index in [0.29, 0.717) is 12.1 Å². The molecule has 0 aliphatic carbocycles. The van der Waals surface area contributed by atoms with E-state index in [-0.39, 0.29) is 6.61 Å². The molecule has 2 N–H and O–H groups in total. The van der Waals surface area contributed by atoms with Gasteiger partial charge in [0, 0.05) is 6.54 Å². The summed E-state index contributed by atoms with van der Waals surface area (Å²) in [5.74, 6) is -0.917.